The maximum atomic E-state index is 11.9. The predicted octanol–water partition coefficient (Wildman–Crippen LogP) is 1.73. The van der Waals surface area contributed by atoms with Crippen molar-refractivity contribution in [1.82, 2.24) is 5.32 Å². The van der Waals surface area contributed by atoms with Gasteiger partial charge in [-0.15, -0.1) is 0 Å². The van der Waals surface area contributed by atoms with Gasteiger partial charge in [-0.25, -0.2) is 0 Å². The summed E-state index contributed by atoms with van der Waals surface area (Å²) in [5.41, 5.74) is 1.44. The first-order valence-corrected chi connectivity index (χ1v) is 7.45. The molecular formula is C16H22N2O5. The van der Waals surface area contributed by atoms with E-state index in [1.807, 2.05) is 6.92 Å². The van der Waals surface area contributed by atoms with Crippen molar-refractivity contribution in [2.45, 2.75) is 25.9 Å². The zero-order chi connectivity index (χ0) is 16.8. The first kappa shape index (κ1) is 16.9. The van der Waals surface area contributed by atoms with Gasteiger partial charge in [-0.05, 0) is 18.6 Å². The van der Waals surface area contributed by atoms with Crippen LogP contribution in [0.5, 0.6) is 17.2 Å². The van der Waals surface area contributed by atoms with Gasteiger partial charge in [0.1, 0.15) is 0 Å². The highest BCUT2D eigenvalue weighted by Gasteiger charge is 2.29. The summed E-state index contributed by atoms with van der Waals surface area (Å²) in [4.78, 5) is 17.2. The van der Waals surface area contributed by atoms with Gasteiger partial charge < -0.3 is 24.4 Å². The summed E-state index contributed by atoms with van der Waals surface area (Å²) in [6, 6.07) is 3.58. The lowest BCUT2D eigenvalue weighted by atomic mass is 10.0. The lowest BCUT2D eigenvalue weighted by molar-refractivity contribution is -0.131. The molecular weight excluding hydrogens is 300 g/mol. The zero-order valence-electron chi connectivity index (χ0n) is 13.8. The van der Waals surface area contributed by atoms with Gasteiger partial charge in [-0.3, -0.25) is 4.79 Å². The Bertz CT molecular complexity index is 575. The number of rotatable bonds is 7. The largest absolute Gasteiger partial charge is 0.493 e. The van der Waals surface area contributed by atoms with Crippen molar-refractivity contribution < 1.29 is 23.8 Å². The number of hydrogen-bond donors (Lipinski definition) is 1. The van der Waals surface area contributed by atoms with E-state index in [1.165, 1.54) is 0 Å². The van der Waals surface area contributed by atoms with Crippen LogP contribution in [0.15, 0.2) is 17.3 Å². The van der Waals surface area contributed by atoms with Crippen molar-refractivity contribution in [2.75, 3.05) is 27.9 Å². The summed E-state index contributed by atoms with van der Waals surface area (Å²) in [6.45, 7) is 2.62. The van der Waals surface area contributed by atoms with Crippen molar-refractivity contribution in [3.05, 3.63) is 17.7 Å². The van der Waals surface area contributed by atoms with E-state index in [4.69, 9.17) is 19.0 Å². The van der Waals surface area contributed by atoms with E-state index in [2.05, 4.69) is 10.5 Å². The summed E-state index contributed by atoms with van der Waals surface area (Å²) in [5.74, 6) is 1.42. The topological polar surface area (TPSA) is 78.4 Å². The van der Waals surface area contributed by atoms with E-state index in [0.29, 0.717) is 35.9 Å². The molecule has 1 aromatic carbocycles. The van der Waals surface area contributed by atoms with Gasteiger partial charge in [0.2, 0.25) is 11.9 Å². The Balaban J connectivity index is 2.18. The van der Waals surface area contributed by atoms with Gasteiger partial charge in [0.05, 0.1) is 27.0 Å². The van der Waals surface area contributed by atoms with Gasteiger partial charge in [0.25, 0.3) is 5.91 Å². The molecule has 0 saturated heterocycles. The highest BCUT2D eigenvalue weighted by Crippen LogP contribution is 2.39. The van der Waals surface area contributed by atoms with E-state index in [0.717, 1.165) is 12.0 Å². The molecule has 0 fully saturated rings. The van der Waals surface area contributed by atoms with Crippen LogP contribution in [0.25, 0.3) is 0 Å². The smallest absolute Gasteiger partial charge is 0.264 e. The molecule has 23 heavy (non-hydrogen) atoms. The zero-order valence-corrected chi connectivity index (χ0v) is 13.8. The first-order valence-electron chi connectivity index (χ1n) is 7.45. The molecule has 2 rings (SSSR count). The average Bonchev–Trinajstić information content (AvgIpc) is 3.08. The van der Waals surface area contributed by atoms with E-state index < -0.39 is 6.10 Å². The summed E-state index contributed by atoms with van der Waals surface area (Å²) in [6.07, 6.45) is 0.670. The highest BCUT2D eigenvalue weighted by atomic mass is 16.6. The first-order chi connectivity index (χ1) is 11.1. The second kappa shape index (κ2) is 7.71. The fourth-order valence-corrected chi connectivity index (χ4v) is 2.30. The van der Waals surface area contributed by atoms with Gasteiger partial charge in [0.15, 0.2) is 11.5 Å². The van der Waals surface area contributed by atoms with Crippen LogP contribution in [-0.4, -0.2) is 45.6 Å². The van der Waals surface area contributed by atoms with Crippen molar-refractivity contribution in [2.24, 2.45) is 5.16 Å². The molecule has 7 heteroatoms. The van der Waals surface area contributed by atoms with Crippen molar-refractivity contribution in [3.8, 4) is 17.2 Å². The molecule has 1 aromatic rings. The van der Waals surface area contributed by atoms with Crippen LogP contribution in [0.2, 0.25) is 0 Å². The lowest BCUT2D eigenvalue weighted by Crippen LogP contribution is -2.35. The molecule has 0 aromatic heterocycles. The molecule has 1 aliphatic heterocycles. The lowest BCUT2D eigenvalue weighted by Gasteiger charge is -2.13. The Labute approximate surface area is 135 Å². The maximum absolute atomic E-state index is 11.9. The summed E-state index contributed by atoms with van der Waals surface area (Å²) >= 11 is 0. The Morgan fingerprint density at radius 2 is 1.91 bits per heavy atom. The van der Waals surface area contributed by atoms with Gasteiger partial charge in [-0.1, -0.05) is 12.1 Å². The molecule has 0 aliphatic carbocycles. The third-order valence-electron chi connectivity index (χ3n) is 3.51. The standard InChI is InChI=1S/C16H22N2O5/c1-5-6-17-16(19)14-9-11(18-23-14)10-7-12(20-2)15(22-4)13(8-10)21-3/h7-8,14H,5-6,9H2,1-4H3,(H,17,19)/t14-/m0/s1. The molecule has 1 atom stereocenters. The molecule has 126 valence electrons. The predicted molar refractivity (Wildman–Crippen MR) is 85.4 cm³/mol. The second-order valence-corrected chi connectivity index (χ2v) is 5.04. The van der Waals surface area contributed by atoms with Crippen LogP contribution < -0.4 is 19.5 Å². The Hall–Kier alpha value is -2.44. The van der Waals surface area contributed by atoms with E-state index in [-0.39, 0.29) is 5.91 Å². The van der Waals surface area contributed by atoms with Crippen LogP contribution in [0.1, 0.15) is 25.3 Å². The van der Waals surface area contributed by atoms with Crippen molar-refractivity contribution >= 4 is 11.6 Å². The molecule has 0 radical (unpaired) electrons. The number of carbonyl (C=O) groups is 1. The Morgan fingerprint density at radius 1 is 1.26 bits per heavy atom. The molecule has 1 amide bonds. The SMILES string of the molecule is CCCNC(=O)[C@@H]1CC(c2cc(OC)c(OC)c(OC)c2)=NO1. The van der Waals surface area contributed by atoms with Crippen LogP contribution in [-0.2, 0) is 9.63 Å². The van der Waals surface area contributed by atoms with Crippen LogP contribution in [0, 0.1) is 0 Å². The summed E-state index contributed by atoms with van der Waals surface area (Å²) in [5, 5.41) is 6.83. The number of oxime groups is 1. The van der Waals surface area contributed by atoms with Crippen LogP contribution >= 0.6 is 0 Å². The number of hydrogen-bond acceptors (Lipinski definition) is 6. The van der Waals surface area contributed by atoms with Crippen molar-refractivity contribution in [1.29, 1.82) is 0 Å². The monoisotopic (exact) mass is 322 g/mol. The molecule has 7 nitrogen and oxygen atoms in total. The number of benzene rings is 1. The third-order valence-corrected chi connectivity index (χ3v) is 3.51. The average molecular weight is 322 g/mol. The number of nitrogens with one attached hydrogen (secondary N) is 1. The quantitative estimate of drug-likeness (QED) is 0.827. The highest BCUT2D eigenvalue weighted by molar-refractivity contribution is 6.04. The third kappa shape index (κ3) is 3.67. The fourth-order valence-electron chi connectivity index (χ4n) is 2.30. The van der Waals surface area contributed by atoms with E-state index >= 15 is 0 Å². The van der Waals surface area contributed by atoms with E-state index in [9.17, 15) is 4.79 Å². The minimum Gasteiger partial charge on any atom is -0.493 e. The molecule has 1 heterocycles. The molecule has 0 bridgehead atoms. The molecule has 0 saturated carbocycles. The second-order valence-electron chi connectivity index (χ2n) is 5.04. The fraction of sp³-hybridized carbons (Fsp3) is 0.500. The van der Waals surface area contributed by atoms with Gasteiger partial charge in [-0.2, -0.15) is 0 Å². The van der Waals surface area contributed by atoms with Crippen LogP contribution in [0.4, 0.5) is 0 Å². The maximum Gasteiger partial charge on any atom is 0.264 e. The number of ether oxygens (including phenoxy) is 3. The van der Waals surface area contributed by atoms with Gasteiger partial charge >= 0.3 is 0 Å². The Kier molecular flexibility index (Phi) is 5.67. The number of nitrogens with zero attached hydrogens (tertiary/aromatic N) is 1. The number of methoxy groups -OCH3 is 3. The molecule has 1 aliphatic rings. The Morgan fingerprint density at radius 3 is 2.43 bits per heavy atom. The normalized spacial score (nSPS) is 16.3. The van der Waals surface area contributed by atoms with Crippen LogP contribution in [0.3, 0.4) is 0 Å². The molecule has 1 N–H and O–H groups in total. The molecule has 0 unspecified atom stereocenters. The van der Waals surface area contributed by atoms with E-state index in [1.54, 1.807) is 33.5 Å². The number of amides is 1. The minimum atomic E-state index is -0.601. The molecule has 0 spiro atoms. The summed E-state index contributed by atoms with van der Waals surface area (Å²) in [7, 11) is 4.65. The van der Waals surface area contributed by atoms with Gasteiger partial charge in [0, 0.05) is 18.5 Å². The minimum absolute atomic E-state index is 0.155. The summed E-state index contributed by atoms with van der Waals surface area (Å²) < 4.78 is 15.9. The number of carbonyl (C=O) groups excluding carboxylic acids is 1. The van der Waals surface area contributed by atoms with Crippen molar-refractivity contribution in [3.63, 3.8) is 0 Å².